The van der Waals surface area contributed by atoms with Gasteiger partial charge in [0.05, 0.1) is 6.10 Å². The third-order valence-corrected chi connectivity index (χ3v) is 1.83. The van der Waals surface area contributed by atoms with Crippen LogP contribution in [0.4, 0.5) is 0 Å². The van der Waals surface area contributed by atoms with E-state index >= 15 is 0 Å². The van der Waals surface area contributed by atoms with E-state index in [-0.39, 0.29) is 12.1 Å². The summed E-state index contributed by atoms with van der Waals surface area (Å²) < 4.78 is 10.4. The predicted molar refractivity (Wildman–Crippen MR) is 56.2 cm³/mol. The number of hydrogen-bond acceptors (Lipinski definition) is 3. The van der Waals surface area contributed by atoms with Crippen molar-refractivity contribution in [3.63, 3.8) is 0 Å². The highest BCUT2D eigenvalue weighted by atomic mass is 16.6. The quantitative estimate of drug-likeness (QED) is 0.448. The molecular formula is C11H22O3. The maximum absolute atomic E-state index is 11.0. The van der Waals surface area contributed by atoms with Crippen LogP contribution in [-0.4, -0.2) is 25.3 Å². The van der Waals surface area contributed by atoms with Crippen molar-refractivity contribution in [1.29, 1.82) is 0 Å². The van der Waals surface area contributed by atoms with Crippen LogP contribution < -0.4 is 0 Å². The molecule has 0 aliphatic heterocycles. The summed E-state index contributed by atoms with van der Waals surface area (Å²) in [5.74, 6) is -0.126. The molecule has 0 spiro atoms. The second-order valence-electron chi connectivity index (χ2n) is 3.47. The lowest BCUT2D eigenvalue weighted by atomic mass is 10.3. The summed E-state index contributed by atoms with van der Waals surface area (Å²) in [5, 5.41) is 0. The van der Waals surface area contributed by atoms with Crippen LogP contribution in [0.1, 0.15) is 46.5 Å². The highest BCUT2D eigenvalue weighted by Crippen LogP contribution is 1.98. The summed E-state index contributed by atoms with van der Waals surface area (Å²) in [4.78, 5) is 11.0. The topological polar surface area (TPSA) is 35.5 Å². The highest BCUT2D eigenvalue weighted by Gasteiger charge is 2.06. The molecular weight excluding hydrogens is 180 g/mol. The van der Waals surface area contributed by atoms with Gasteiger partial charge in [-0.2, -0.15) is 0 Å². The molecule has 0 fully saturated rings. The molecule has 14 heavy (non-hydrogen) atoms. The fraction of sp³-hybridized carbons (Fsp3) is 0.909. The number of carbonyl (C=O) groups excluding carboxylic acids is 1. The van der Waals surface area contributed by atoms with Gasteiger partial charge in [0.2, 0.25) is 0 Å². The van der Waals surface area contributed by atoms with Crippen LogP contribution in [0.2, 0.25) is 0 Å². The molecule has 0 aromatic carbocycles. The van der Waals surface area contributed by atoms with Crippen molar-refractivity contribution >= 4 is 5.97 Å². The van der Waals surface area contributed by atoms with Gasteiger partial charge in [0, 0.05) is 13.0 Å². The first-order valence-electron chi connectivity index (χ1n) is 5.47. The Bertz CT molecular complexity index is 145. The maximum atomic E-state index is 11.0. The molecule has 3 nitrogen and oxygen atoms in total. The van der Waals surface area contributed by atoms with E-state index in [9.17, 15) is 4.79 Å². The molecule has 0 aromatic rings. The van der Waals surface area contributed by atoms with Gasteiger partial charge in [-0.25, -0.2) is 0 Å². The second kappa shape index (κ2) is 9.00. The Hall–Kier alpha value is -0.570. The molecule has 0 aliphatic carbocycles. The van der Waals surface area contributed by atoms with Gasteiger partial charge in [0.15, 0.2) is 0 Å². The third kappa shape index (κ3) is 8.05. The van der Waals surface area contributed by atoms with Crippen molar-refractivity contribution < 1.29 is 14.3 Å². The Morgan fingerprint density at radius 3 is 2.57 bits per heavy atom. The normalized spacial score (nSPS) is 12.5. The average molecular weight is 202 g/mol. The summed E-state index contributed by atoms with van der Waals surface area (Å²) in [7, 11) is 0. The molecule has 0 aliphatic rings. The average Bonchev–Trinajstić information content (AvgIpc) is 2.16. The van der Waals surface area contributed by atoms with Gasteiger partial charge in [-0.15, -0.1) is 0 Å². The van der Waals surface area contributed by atoms with E-state index in [1.165, 1.54) is 0 Å². The summed E-state index contributed by atoms with van der Waals surface area (Å²) in [6.07, 6.45) is 3.55. The molecule has 0 rings (SSSR count). The van der Waals surface area contributed by atoms with Crippen molar-refractivity contribution in [2.75, 3.05) is 13.2 Å². The van der Waals surface area contributed by atoms with Crippen molar-refractivity contribution in [2.24, 2.45) is 0 Å². The van der Waals surface area contributed by atoms with Crippen LogP contribution in [-0.2, 0) is 14.3 Å². The van der Waals surface area contributed by atoms with Crippen LogP contribution in [0.5, 0.6) is 0 Å². The van der Waals surface area contributed by atoms with E-state index in [0.717, 1.165) is 25.9 Å². The van der Waals surface area contributed by atoms with Crippen molar-refractivity contribution in [1.82, 2.24) is 0 Å². The highest BCUT2D eigenvalue weighted by molar-refractivity contribution is 5.69. The van der Waals surface area contributed by atoms with E-state index < -0.39 is 0 Å². The van der Waals surface area contributed by atoms with Crippen molar-refractivity contribution in [3.8, 4) is 0 Å². The summed E-state index contributed by atoms with van der Waals surface area (Å²) in [6.45, 7) is 7.14. The van der Waals surface area contributed by atoms with E-state index in [1.54, 1.807) is 0 Å². The number of unbranched alkanes of at least 4 members (excludes halogenated alkanes) is 1. The molecule has 0 saturated heterocycles. The van der Waals surface area contributed by atoms with E-state index in [0.29, 0.717) is 13.0 Å². The van der Waals surface area contributed by atoms with Crippen LogP contribution in [0, 0.1) is 0 Å². The molecule has 0 N–H and O–H groups in total. The zero-order chi connectivity index (χ0) is 10.8. The first kappa shape index (κ1) is 13.4. The zero-order valence-corrected chi connectivity index (χ0v) is 9.54. The van der Waals surface area contributed by atoms with Gasteiger partial charge in [0.1, 0.15) is 6.61 Å². The minimum Gasteiger partial charge on any atom is -0.463 e. The first-order chi connectivity index (χ1) is 6.70. The SMILES string of the molecule is CCCCOC(C)COC(=O)CCC. The minimum absolute atomic E-state index is 0.0161. The number of carbonyl (C=O) groups is 1. The first-order valence-corrected chi connectivity index (χ1v) is 5.47. The summed E-state index contributed by atoms with van der Waals surface area (Å²) in [5.41, 5.74) is 0. The maximum Gasteiger partial charge on any atom is 0.305 e. The molecule has 1 unspecified atom stereocenters. The standard InChI is InChI=1S/C11H22O3/c1-4-6-8-13-10(3)9-14-11(12)7-5-2/h10H,4-9H2,1-3H3. The number of esters is 1. The van der Waals surface area contributed by atoms with Crippen LogP contribution >= 0.6 is 0 Å². The Morgan fingerprint density at radius 2 is 2.00 bits per heavy atom. The smallest absolute Gasteiger partial charge is 0.305 e. The lowest BCUT2D eigenvalue weighted by molar-refractivity contribution is -0.147. The van der Waals surface area contributed by atoms with Crippen LogP contribution in [0.25, 0.3) is 0 Å². The van der Waals surface area contributed by atoms with E-state index in [2.05, 4.69) is 6.92 Å². The molecule has 0 amide bonds. The minimum atomic E-state index is -0.126. The Morgan fingerprint density at radius 1 is 1.29 bits per heavy atom. The Labute approximate surface area is 86.8 Å². The van der Waals surface area contributed by atoms with Gasteiger partial charge < -0.3 is 9.47 Å². The van der Waals surface area contributed by atoms with Crippen molar-refractivity contribution in [2.45, 2.75) is 52.6 Å². The van der Waals surface area contributed by atoms with Gasteiger partial charge in [-0.3, -0.25) is 4.79 Å². The molecule has 0 saturated carbocycles. The molecule has 0 bridgehead atoms. The second-order valence-corrected chi connectivity index (χ2v) is 3.47. The largest absolute Gasteiger partial charge is 0.463 e. The molecule has 0 heterocycles. The fourth-order valence-corrected chi connectivity index (χ4v) is 0.964. The summed E-state index contributed by atoms with van der Waals surface area (Å²) in [6, 6.07) is 0. The van der Waals surface area contributed by atoms with Gasteiger partial charge in [0.25, 0.3) is 0 Å². The third-order valence-electron chi connectivity index (χ3n) is 1.83. The van der Waals surface area contributed by atoms with Gasteiger partial charge in [-0.1, -0.05) is 20.3 Å². The van der Waals surface area contributed by atoms with Crippen LogP contribution in [0.3, 0.4) is 0 Å². The van der Waals surface area contributed by atoms with Gasteiger partial charge in [-0.05, 0) is 19.8 Å². The zero-order valence-electron chi connectivity index (χ0n) is 9.54. The molecule has 0 aromatic heterocycles. The molecule has 1 atom stereocenters. The summed E-state index contributed by atoms with van der Waals surface area (Å²) >= 11 is 0. The molecule has 3 heteroatoms. The predicted octanol–water partition coefficient (Wildman–Crippen LogP) is 2.53. The Balaban J connectivity index is 3.33. The number of ether oxygens (including phenoxy) is 2. The number of hydrogen-bond donors (Lipinski definition) is 0. The van der Waals surface area contributed by atoms with Crippen molar-refractivity contribution in [3.05, 3.63) is 0 Å². The molecule has 84 valence electrons. The monoisotopic (exact) mass is 202 g/mol. The lowest BCUT2D eigenvalue weighted by Gasteiger charge is -2.12. The van der Waals surface area contributed by atoms with Crippen LogP contribution in [0.15, 0.2) is 0 Å². The van der Waals surface area contributed by atoms with E-state index in [1.807, 2.05) is 13.8 Å². The van der Waals surface area contributed by atoms with E-state index in [4.69, 9.17) is 9.47 Å². The Kier molecular flexibility index (Phi) is 8.64. The van der Waals surface area contributed by atoms with Gasteiger partial charge >= 0.3 is 5.97 Å². The lowest BCUT2D eigenvalue weighted by Crippen LogP contribution is -2.19. The molecule has 0 radical (unpaired) electrons. The fourth-order valence-electron chi connectivity index (χ4n) is 0.964. The number of rotatable bonds is 8.